The molecule has 1 unspecified atom stereocenters. The second kappa shape index (κ2) is 5.44. The number of fused-ring (bicyclic) bond motifs is 1. The molecule has 0 N–H and O–H groups in total. The molecular formula is C15H21ClN4O. The van der Waals surface area contributed by atoms with Crippen LogP contribution in [0, 0.1) is 5.41 Å². The highest BCUT2D eigenvalue weighted by Crippen LogP contribution is 2.51. The first-order chi connectivity index (χ1) is 10.1. The van der Waals surface area contributed by atoms with Gasteiger partial charge in [-0.1, -0.05) is 13.3 Å². The lowest BCUT2D eigenvalue weighted by Crippen LogP contribution is -2.15. The molecule has 2 heterocycles. The molecule has 2 aromatic rings. The number of halogens is 1. The first kappa shape index (κ1) is 14.6. The third-order valence-electron chi connectivity index (χ3n) is 4.31. The van der Waals surface area contributed by atoms with Crippen LogP contribution in [-0.4, -0.2) is 26.6 Å². The van der Waals surface area contributed by atoms with Gasteiger partial charge in [0.25, 0.3) is 0 Å². The van der Waals surface area contributed by atoms with Gasteiger partial charge in [0.1, 0.15) is 12.2 Å². The van der Waals surface area contributed by atoms with Crippen molar-refractivity contribution in [1.29, 1.82) is 0 Å². The van der Waals surface area contributed by atoms with Gasteiger partial charge in [0.2, 0.25) is 5.88 Å². The van der Waals surface area contributed by atoms with E-state index < -0.39 is 0 Å². The van der Waals surface area contributed by atoms with E-state index in [9.17, 15) is 0 Å². The summed E-state index contributed by atoms with van der Waals surface area (Å²) in [5.74, 6) is 1.37. The van der Waals surface area contributed by atoms with Crippen molar-refractivity contribution in [3.8, 4) is 5.88 Å². The number of alkyl halides is 1. The molecule has 6 heteroatoms. The summed E-state index contributed by atoms with van der Waals surface area (Å²) in [7, 11) is 1.60. The van der Waals surface area contributed by atoms with Crippen molar-refractivity contribution in [2.24, 2.45) is 5.41 Å². The zero-order valence-electron chi connectivity index (χ0n) is 12.8. The lowest BCUT2D eigenvalue weighted by Gasteiger charge is -2.17. The Bertz CT molecular complexity index is 648. The minimum absolute atomic E-state index is 0.165. The molecule has 5 nitrogen and oxygen atoms in total. The maximum atomic E-state index is 6.33. The molecule has 0 radical (unpaired) electrons. The summed E-state index contributed by atoms with van der Waals surface area (Å²) in [6.07, 6.45) is 6.53. The fourth-order valence-corrected chi connectivity index (χ4v) is 3.24. The average Bonchev–Trinajstić information content (AvgIpc) is 3.12. The van der Waals surface area contributed by atoms with Crippen molar-refractivity contribution in [1.82, 2.24) is 19.5 Å². The second-order valence-corrected chi connectivity index (χ2v) is 6.63. The molecule has 21 heavy (non-hydrogen) atoms. The summed E-state index contributed by atoms with van der Waals surface area (Å²) < 4.78 is 7.47. The minimum Gasteiger partial charge on any atom is -0.479 e. The minimum atomic E-state index is -0.165. The fraction of sp³-hybridized carbons (Fsp3) is 0.667. The van der Waals surface area contributed by atoms with Crippen molar-refractivity contribution in [2.45, 2.75) is 51.5 Å². The topological polar surface area (TPSA) is 52.8 Å². The molecule has 2 aromatic heterocycles. The third-order valence-corrected chi connectivity index (χ3v) is 4.50. The number of hydrogen-bond donors (Lipinski definition) is 0. The van der Waals surface area contributed by atoms with E-state index in [0.29, 0.717) is 16.8 Å². The summed E-state index contributed by atoms with van der Waals surface area (Å²) in [6, 6.07) is 0. The van der Waals surface area contributed by atoms with Gasteiger partial charge in [-0.2, -0.15) is 4.98 Å². The quantitative estimate of drug-likeness (QED) is 0.763. The molecule has 0 bridgehead atoms. The van der Waals surface area contributed by atoms with Gasteiger partial charge >= 0.3 is 0 Å². The Morgan fingerprint density at radius 1 is 1.43 bits per heavy atom. The molecule has 0 spiro atoms. The lowest BCUT2D eigenvalue weighted by atomic mass is 10.0. The van der Waals surface area contributed by atoms with E-state index in [1.54, 1.807) is 7.11 Å². The maximum Gasteiger partial charge on any atom is 0.245 e. The average molecular weight is 309 g/mol. The Labute approximate surface area is 129 Å². The van der Waals surface area contributed by atoms with Crippen molar-refractivity contribution in [2.75, 3.05) is 7.11 Å². The molecule has 0 aliphatic heterocycles. The molecule has 1 saturated carbocycles. The molecule has 1 atom stereocenters. The number of imidazole rings is 1. The van der Waals surface area contributed by atoms with Crippen LogP contribution in [-0.2, 0) is 6.54 Å². The Kier molecular flexibility index (Phi) is 3.78. The number of hydrogen-bond acceptors (Lipinski definition) is 4. The molecule has 1 fully saturated rings. The Balaban J connectivity index is 2.09. The highest BCUT2D eigenvalue weighted by molar-refractivity contribution is 6.20. The van der Waals surface area contributed by atoms with E-state index in [1.807, 2.05) is 6.92 Å². The summed E-state index contributed by atoms with van der Waals surface area (Å²) in [5.41, 5.74) is 1.93. The molecule has 0 amide bonds. The van der Waals surface area contributed by atoms with Crippen LogP contribution in [0.3, 0.4) is 0 Å². The first-order valence-electron chi connectivity index (χ1n) is 7.49. The Morgan fingerprint density at radius 3 is 2.76 bits per heavy atom. The van der Waals surface area contributed by atoms with Crippen molar-refractivity contribution >= 4 is 22.8 Å². The Morgan fingerprint density at radius 2 is 2.19 bits per heavy atom. The van der Waals surface area contributed by atoms with Crippen LogP contribution in [0.1, 0.15) is 50.7 Å². The predicted molar refractivity (Wildman–Crippen MR) is 82.7 cm³/mol. The number of rotatable bonds is 6. The summed E-state index contributed by atoms with van der Waals surface area (Å²) in [6.45, 7) is 5.12. The van der Waals surface area contributed by atoms with Gasteiger partial charge < -0.3 is 9.30 Å². The summed E-state index contributed by atoms with van der Waals surface area (Å²) in [5, 5.41) is -0.165. The normalized spacial score (nSPS) is 17.9. The standard InChI is InChI=1S/C15H21ClN4O/c1-4-5-15(6-7-15)8-20-12(10(2)16)19-11-13(20)17-9-18-14(11)21-3/h9-10H,4-8H2,1-3H3. The molecule has 1 aliphatic carbocycles. The number of methoxy groups -OCH3 is 1. The van der Waals surface area contributed by atoms with Crippen molar-refractivity contribution in [3.63, 3.8) is 0 Å². The largest absolute Gasteiger partial charge is 0.479 e. The summed E-state index contributed by atoms with van der Waals surface area (Å²) >= 11 is 6.33. The fourth-order valence-electron chi connectivity index (χ4n) is 3.07. The van der Waals surface area contributed by atoms with Crippen molar-refractivity contribution < 1.29 is 4.74 Å². The number of ether oxygens (including phenoxy) is 1. The highest BCUT2D eigenvalue weighted by Gasteiger charge is 2.42. The van der Waals surface area contributed by atoms with Crippen LogP contribution < -0.4 is 4.74 Å². The predicted octanol–water partition coefficient (Wildman–Crippen LogP) is 3.72. The molecule has 0 saturated heterocycles. The monoisotopic (exact) mass is 308 g/mol. The van der Waals surface area contributed by atoms with E-state index in [-0.39, 0.29) is 5.38 Å². The second-order valence-electron chi connectivity index (χ2n) is 5.98. The molecular weight excluding hydrogens is 288 g/mol. The number of aromatic nitrogens is 4. The van der Waals surface area contributed by atoms with E-state index in [0.717, 1.165) is 18.0 Å². The Hall–Kier alpha value is -1.36. The van der Waals surface area contributed by atoms with Gasteiger partial charge in [0.05, 0.1) is 12.5 Å². The molecule has 1 aliphatic rings. The van der Waals surface area contributed by atoms with Gasteiger partial charge in [0, 0.05) is 6.54 Å². The summed E-state index contributed by atoms with van der Waals surface area (Å²) in [4.78, 5) is 13.2. The van der Waals surface area contributed by atoms with Crippen LogP contribution in [0.2, 0.25) is 0 Å². The zero-order valence-corrected chi connectivity index (χ0v) is 13.5. The smallest absolute Gasteiger partial charge is 0.245 e. The van der Waals surface area contributed by atoms with Crippen LogP contribution in [0.5, 0.6) is 5.88 Å². The van der Waals surface area contributed by atoms with Crippen LogP contribution >= 0.6 is 11.6 Å². The highest BCUT2D eigenvalue weighted by atomic mass is 35.5. The molecule has 3 rings (SSSR count). The maximum absolute atomic E-state index is 6.33. The number of nitrogens with zero attached hydrogens (tertiary/aromatic N) is 4. The van der Waals surface area contributed by atoms with Gasteiger partial charge in [-0.05, 0) is 31.6 Å². The van der Waals surface area contributed by atoms with E-state index in [2.05, 4.69) is 26.4 Å². The zero-order chi connectivity index (χ0) is 15.0. The molecule has 114 valence electrons. The van der Waals surface area contributed by atoms with E-state index in [1.165, 1.54) is 32.0 Å². The van der Waals surface area contributed by atoms with E-state index in [4.69, 9.17) is 16.3 Å². The van der Waals surface area contributed by atoms with Crippen LogP contribution in [0.4, 0.5) is 0 Å². The molecule has 0 aromatic carbocycles. The van der Waals surface area contributed by atoms with Crippen molar-refractivity contribution in [3.05, 3.63) is 12.2 Å². The third kappa shape index (κ3) is 2.59. The van der Waals surface area contributed by atoms with Crippen LogP contribution in [0.15, 0.2) is 6.33 Å². The van der Waals surface area contributed by atoms with Gasteiger partial charge in [-0.3, -0.25) is 0 Å². The van der Waals surface area contributed by atoms with E-state index >= 15 is 0 Å². The van der Waals surface area contributed by atoms with Gasteiger partial charge in [-0.25, -0.2) is 9.97 Å². The first-order valence-corrected chi connectivity index (χ1v) is 7.93. The van der Waals surface area contributed by atoms with Gasteiger partial charge in [0.15, 0.2) is 11.2 Å². The SMILES string of the molecule is CCCC1(Cn2c(C(C)Cl)nc3c(OC)ncnc32)CC1. The van der Waals surface area contributed by atoms with Crippen LogP contribution in [0.25, 0.3) is 11.2 Å². The lowest BCUT2D eigenvalue weighted by molar-refractivity contribution is 0.385. The van der Waals surface area contributed by atoms with Gasteiger partial charge in [-0.15, -0.1) is 11.6 Å².